The van der Waals surface area contributed by atoms with E-state index in [9.17, 15) is 5.11 Å². The molecule has 5 heteroatoms. The number of aliphatic hydroxyl groups is 1. The molecule has 0 radical (unpaired) electrons. The highest BCUT2D eigenvalue weighted by Crippen LogP contribution is 2.40. The molecule has 1 unspecified atom stereocenters. The van der Waals surface area contributed by atoms with Crippen LogP contribution in [0.25, 0.3) is 11.3 Å². The van der Waals surface area contributed by atoms with Crippen LogP contribution in [0.4, 0.5) is 0 Å². The number of fused-ring (bicyclic) bond motifs is 3. The van der Waals surface area contributed by atoms with Crippen molar-refractivity contribution in [1.29, 1.82) is 0 Å². The van der Waals surface area contributed by atoms with Gasteiger partial charge in [-0.2, -0.15) is 5.10 Å². The highest BCUT2D eigenvalue weighted by atomic mass is 16.5. The fourth-order valence-electron chi connectivity index (χ4n) is 4.50. The van der Waals surface area contributed by atoms with Gasteiger partial charge >= 0.3 is 0 Å². The maximum absolute atomic E-state index is 10.9. The van der Waals surface area contributed by atoms with Crippen LogP contribution in [-0.2, 0) is 0 Å². The van der Waals surface area contributed by atoms with Crippen molar-refractivity contribution in [3.8, 4) is 17.0 Å². The molecule has 0 amide bonds. The summed E-state index contributed by atoms with van der Waals surface area (Å²) in [6, 6.07) is 8.07. The molecule has 3 fully saturated rings. The van der Waals surface area contributed by atoms with Crippen molar-refractivity contribution in [2.24, 2.45) is 11.8 Å². The Kier molecular flexibility index (Phi) is 4.67. The van der Waals surface area contributed by atoms with E-state index in [0.29, 0.717) is 11.6 Å². The van der Waals surface area contributed by atoms with E-state index in [4.69, 9.17) is 4.74 Å². The molecule has 138 valence electrons. The van der Waals surface area contributed by atoms with Gasteiger partial charge in [0.05, 0.1) is 18.5 Å². The first kappa shape index (κ1) is 17.4. The number of aryl methyl sites for hydroxylation is 2. The summed E-state index contributed by atoms with van der Waals surface area (Å²) >= 11 is 0. The van der Waals surface area contributed by atoms with Crippen LogP contribution in [0.5, 0.6) is 5.75 Å². The Hall–Kier alpha value is -1.98. The minimum atomic E-state index is -0.539. The van der Waals surface area contributed by atoms with Crippen molar-refractivity contribution in [1.82, 2.24) is 15.1 Å². The van der Waals surface area contributed by atoms with Gasteiger partial charge in [0.2, 0.25) is 0 Å². The van der Waals surface area contributed by atoms with E-state index in [1.54, 1.807) is 7.11 Å². The van der Waals surface area contributed by atoms with Crippen LogP contribution in [0.15, 0.2) is 24.3 Å². The average Bonchev–Trinajstić information content (AvgIpc) is 2.68. The zero-order valence-electron chi connectivity index (χ0n) is 15.8. The second-order valence-electron chi connectivity index (χ2n) is 7.75. The van der Waals surface area contributed by atoms with Crippen molar-refractivity contribution in [3.63, 3.8) is 0 Å². The van der Waals surface area contributed by atoms with Gasteiger partial charge in [-0.1, -0.05) is 6.07 Å². The second-order valence-corrected chi connectivity index (χ2v) is 7.75. The van der Waals surface area contributed by atoms with Crippen LogP contribution in [-0.4, -0.2) is 46.9 Å². The van der Waals surface area contributed by atoms with Gasteiger partial charge in [0.15, 0.2) is 0 Å². The molecule has 5 nitrogen and oxygen atoms in total. The van der Waals surface area contributed by atoms with Crippen LogP contribution in [0, 0.1) is 25.7 Å². The van der Waals surface area contributed by atoms with Crippen molar-refractivity contribution < 1.29 is 9.84 Å². The number of rotatable bonds is 4. The van der Waals surface area contributed by atoms with Crippen LogP contribution in [0.3, 0.4) is 0 Å². The molecule has 0 saturated carbocycles. The molecule has 1 aromatic carbocycles. The van der Waals surface area contributed by atoms with Crippen LogP contribution >= 0.6 is 0 Å². The molecule has 1 aromatic heterocycles. The third-order valence-corrected chi connectivity index (χ3v) is 6.03. The molecule has 5 rings (SSSR count). The van der Waals surface area contributed by atoms with Gasteiger partial charge < -0.3 is 14.7 Å². The second kappa shape index (κ2) is 6.97. The Morgan fingerprint density at radius 3 is 2.54 bits per heavy atom. The summed E-state index contributed by atoms with van der Waals surface area (Å²) in [7, 11) is 1.67. The molecule has 2 atom stereocenters. The number of ether oxygens (including phenoxy) is 1. The minimum Gasteiger partial charge on any atom is -0.496 e. The quantitative estimate of drug-likeness (QED) is 0.915. The largest absolute Gasteiger partial charge is 0.496 e. The summed E-state index contributed by atoms with van der Waals surface area (Å²) in [5.41, 5.74) is 4.60. The molecular formula is C21H27N3O2. The van der Waals surface area contributed by atoms with Gasteiger partial charge in [-0.25, -0.2) is 0 Å². The van der Waals surface area contributed by atoms with E-state index in [2.05, 4.69) is 21.2 Å². The van der Waals surface area contributed by atoms with Crippen molar-refractivity contribution >= 4 is 0 Å². The fraction of sp³-hybridized carbons (Fsp3) is 0.524. The molecule has 0 spiro atoms. The smallest absolute Gasteiger partial charge is 0.128 e. The van der Waals surface area contributed by atoms with Crippen molar-refractivity contribution in [3.05, 3.63) is 41.1 Å². The number of benzene rings is 1. The van der Waals surface area contributed by atoms with Gasteiger partial charge in [-0.3, -0.25) is 0 Å². The molecule has 4 heterocycles. The number of nitrogens with zero attached hydrogens (tertiary/aromatic N) is 3. The number of aromatic nitrogens is 2. The topological polar surface area (TPSA) is 58.5 Å². The molecule has 2 bridgehead atoms. The third-order valence-electron chi connectivity index (χ3n) is 6.03. The number of piperidine rings is 3. The predicted molar refractivity (Wildman–Crippen MR) is 101 cm³/mol. The van der Waals surface area contributed by atoms with Gasteiger partial charge in [0.1, 0.15) is 11.9 Å². The zero-order chi connectivity index (χ0) is 18.3. The first-order valence-electron chi connectivity index (χ1n) is 9.46. The Morgan fingerprint density at radius 1 is 1.15 bits per heavy atom. The van der Waals surface area contributed by atoms with Gasteiger partial charge in [-0.15, -0.1) is 5.10 Å². The zero-order valence-corrected chi connectivity index (χ0v) is 15.8. The third kappa shape index (κ3) is 3.10. The van der Waals surface area contributed by atoms with E-state index >= 15 is 0 Å². The highest BCUT2D eigenvalue weighted by molar-refractivity contribution is 5.70. The van der Waals surface area contributed by atoms with Crippen molar-refractivity contribution in [2.45, 2.75) is 32.8 Å². The Bertz CT molecular complexity index is 800. The first-order valence-corrected chi connectivity index (χ1v) is 9.46. The lowest BCUT2D eigenvalue weighted by Crippen LogP contribution is -2.49. The average molecular weight is 353 g/mol. The Balaban J connectivity index is 1.62. The minimum absolute atomic E-state index is 0.269. The lowest BCUT2D eigenvalue weighted by molar-refractivity contribution is -0.0283. The molecular weight excluding hydrogens is 326 g/mol. The van der Waals surface area contributed by atoms with E-state index in [1.807, 2.05) is 32.0 Å². The molecule has 26 heavy (non-hydrogen) atoms. The normalized spacial score (nSPS) is 25.9. The van der Waals surface area contributed by atoms with Gasteiger partial charge in [-0.05, 0) is 75.0 Å². The number of aliphatic hydroxyl groups excluding tert-OH is 1. The molecule has 3 aliphatic rings. The van der Waals surface area contributed by atoms with Gasteiger partial charge in [0.25, 0.3) is 0 Å². The van der Waals surface area contributed by atoms with Crippen LogP contribution in [0.1, 0.15) is 35.8 Å². The summed E-state index contributed by atoms with van der Waals surface area (Å²) in [4.78, 5) is 2.46. The summed E-state index contributed by atoms with van der Waals surface area (Å²) < 4.78 is 5.52. The van der Waals surface area contributed by atoms with E-state index in [1.165, 1.54) is 25.9 Å². The maximum Gasteiger partial charge on any atom is 0.128 e. The number of methoxy groups -OCH3 is 1. The Labute approximate surface area is 155 Å². The van der Waals surface area contributed by atoms with E-state index < -0.39 is 6.10 Å². The summed E-state index contributed by atoms with van der Waals surface area (Å²) in [5, 5.41) is 19.8. The van der Waals surface area contributed by atoms with Crippen molar-refractivity contribution in [2.75, 3.05) is 26.7 Å². The molecule has 3 aliphatic heterocycles. The fourth-order valence-corrected chi connectivity index (χ4v) is 4.50. The monoisotopic (exact) mass is 353 g/mol. The molecule has 2 aromatic rings. The highest BCUT2D eigenvalue weighted by Gasteiger charge is 2.39. The SMILES string of the molecule is COc1cc(C)ccc1-c1nnc([C@@H](O)C2CN3CCC2CC3)cc1C. The Morgan fingerprint density at radius 2 is 1.92 bits per heavy atom. The number of hydrogen-bond donors (Lipinski definition) is 1. The molecule has 1 N–H and O–H groups in total. The van der Waals surface area contributed by atoms with Crippen LogP contribution in [0.2, 0.25) is 0 Å². The summed E-state index contributed by atoms with van der Waals surface area (Å²) in [5.74, 6) is 1.67. The van der Waals surface area contributed by atoms with E-state index in [-0.39, 0.29) is 5.92 Å². The predicted octanol–water partition coefficient (Wildman–Crippen LogP) is 3.14. The lowest BCUT2D eigenvalue weighted by Gasteiger charge is -2.46. The lowest BCUT2D eigenvalue weighted by atomic mass is 9.75. The first-order chi connectivity index (χ1) is 12.6. The molecule has 0 aliphatic carbocycles. The van der Waals surface area contributed by atoms with Gasteiger partial charge in [0, 0.05) is 18.0 Å². The summed E-state index contributed by atoms with van der Waals surface area (Å²) in [6.45, 7) is 7.38. The van der Waals surface area contributed by atoms with Crippen LogP contribution < -0.4 is 4.74 Å². The standard InChI is InChI=1S/C21H27N3O2/c1-13-4-5-16(19(10-13)26-3)20-14(2)11-18(22-23-20)21(25)17-12-24-8-6-15(17)7-9-24/h4-5,10-11,15,17,21,25H,6-9,12H2,1-3H3/t17?,21-/m0/s1. The summed E-state index contributed by atoms with van der Waals surface area (Å²) in [6.07, 6.45) is 1.84. The number of hydrogen-bond acceptors (Lipinski definition) is 5. The maximum atomic E-state index is 10.9. The van der Waals surface area contributed by atoms with E-state index in [0.717, 1.165) is 34.7 Å². The molecule has 3 saturated heterocycles.